The molecule has 3 atom stereocenters. The maximum absolute atomic E-state index is 12.6. The van der Waals surface area contributed by atoms with Crippen molar-refractivity contribution in [1.29, 1.82) is 0 Å². The SMILES string of the molecule is O=C(Cc1cccc2ccccc12)N[C@H]1C[C@H]2CO[C@@H](C3CC3)CN2C1. The number of hydrogen-bond acceptors (Lipinski definition) is 3. The smallest absolute Gasteiger partial charge is 0.224 e. The first-order chi connectivity index (χ1) is 12.8. The lowest BCUT2D eigenvalue weighted by molar-refractivity contribution is -0.121. The summed E-state index contributed by atoms with van der Waals surface area (Å²) in [5, 5.41) is 5.64. The predicted molar refractivity (Wildman–Crippen MR) is 102 cm³/mol. The molecular formula is C22H26N2O2. The molecule has 1 saturated carbocycles. The second-order valence-corrected chi connectivity index (χ2v) is 8.13. The van der Waals surface area contributed by atoms with Crippen molar-refractivity contribution in [2.45, 2.75) is 43.9 Å². The highest BCUT2D eigenvalue weighted by molar-refractivity contribution is 5.90. The van der Waals surface area contributed by atoms with Gasteiger partial charge in [-0.3, -0.25) is 9.69 Å². The molecule has 1 N–H and O–H groups in total. The number of carbonyl (C=O) groups is 1. The van der Waals surface area contributed by atoms with Crippen LogP contribution in [0.4, 0.5) is 0 Å². The highest BCUT2D eigenvalue weighted by atomic mass is 16.5. The summed E-state index contributed by atoms with van der Waals surface area (Å²) in [6, 6.07) is 15.2. The Morgan fingerprint density at radius 2 is 1.96 bits per heavy atom. The fourth-order valence-corrected chi connectivity index (χ4v) is 4.66. The van der Waals surface area contributed by atoms with Crippen LogP contribution in [0.1, 0.15) is 24.8 Å². The minimum Gasteiger partial charge on any atom is -0.375 e. The molecule has 2 aliphatic heterocycles. The van der Waals surface area contributed by atoms with Crippen LogP contribution in [0.3, 0.4) is 0 Å². The lowest BCUT2D eigenvalue weighted by Gasteiger charge is -2.35. The van der Waals surface area contributed by atoms with Gasteiger partial charge in [0.05, 0.1) is 19.1 Å². The Hall–Kier alpha value is -1.91. The van der Waals surface area contributed by atoms with E-state index in [1.807, 2.05) is 18.2 Å². The van der Waals surface area contributed by atoms with Crippen molar-refractivity contribution in [3.63, 3.8) is 0 Å². The van der Waals surface area contributed by atoms with Gasteiger partial charge in [-0.25, -0.2) is 0 Å². The Balaban J connectivity index is 1.21. The van der Waals surface area contributed by atoms with E-state index in [-0.39, 0.29) is 11.9 Å². The molecule has 3 fully saturated rings. The Kier molecular flexibility index (Phi) is 4.18. The number of rotatable bonds is 4. The van der Waals surface area contributed by atoms with Gasteiger partial charge < -0.3 is 10.1 Å². The minimum absolute atomic E-state index is 0.130. The topological polar surface area (TPSA) is 41.6 Å². The van der Waals surface area contributed by atoms with Gasteiger partial charge in [-0.1, -0.05) is 42.5 Å². The Bertz CT molecular complexity index is 811. The number of nitrogens with zero attached hydrogens (tertiary/aromatic N) is 1. The molecule has 0 unspecified atom stereocenters. The molecule has 4 heteroatoms. The monoisotopic (exact) mass is 350 g/mol. The van der Waals surface area contributed by atoms with E-state index in [9.17, 15) is 4.79 Å². The number of fused-ring (bicyclic) bond motifs is 2. The maximum Gasteiger partial charge on any atom is 0.224 e. The highest BCUT2D eigenvalue weighted by Gasteiger charge is 2.42. The lowest BCUT2D eigenvalue weighted by atomic mass is 10.0. The normalized spacial score (nSPS) is 28.8. The third kappa shape index (κ3) is 3.24. The van der Waals surface area contributed by atoms with Crippen molar-refractivity contribution in [3.8, 4) is 0 Å². The minimum atomic E-state index is 0.130. The molecule has 1 amide bonds. The number of carbonyl (C=O) groups excluding carboxylic acids is 1. The number of nitrogens with one attached hydrogen (secondary N) is 1. The Labute approximate surface area is 154 Å². The van der Waals surface area contributed by atoms with Crippen LogP contribution < -0.4 is 5.32 Å². The summed E-state index contributed by atoms with van der Waals surface area (Å²) in [6.07, 6.45) is 4.54. The number of amides is 1. The summed E-state index contributed by atoms with van der Waals surface area (Å²) in [5.41, 5.74) is 1.11. The van der Waals surface area contributed by atoms with Crippen molar-refractivity contribution in [3.05, 3.63) is 48.0 Å². The number of hydrogen-bond donors (Lipinski definition) is 1. The van der Waals surface area contributed by atoms with Crippen molar-refractivity contribution in [2.24, 2.45) is 5.92 Å². The van der Waals surface area contributed by atoms with Gasteiger partial charge in [-0.15, -0.1) is 0 Å². The third-order valence-corrected chi connectivity index (χ3v) is 6.19. The predicted octanol–water partition coefficient (Wildman–Crippen LogP) is 2.75. The molecule has 2 aromatic carbocycles. The van der Waals surface area contributed by atoms with Crippen LogP contribution in [-0.2, 0) is 16.0 Å². The second kappa shape index (κ2) is 6.67. The van der Waals surface area contributed by atoms with Crippen LogP contribution >= 0.6 is 0 Å². The van der Waals surface area contributed by atoms with Crippen LogP contribution in [0.5, 0.6) is 0 Å². The van der Waals surface area contributed by atoms with Crippen LogP contribution in [0.2, 0.25) is 0 Å². The quantitative estimate of drug-likeness (QED) is 0.922. The molecule has 0 aromatic heterocycles. The summed E-state index contributed by atoms with van der Waals surface area (Å²) >= 11 is 0. The number of ether oxygens (including phenoxy) is 1. The summed E-state index contributed by atoms with van der Waals surface area (Å²) < 4.78 is 6.06. The number of morpholine rings is 1. The molecule has 3 aliphatic rings. The fourth-order valence-electron chi connectivity index (χ4n) is 4.66. The van der Waals surface area contributed by atoms with E-state index in [0.29, 0.717) is 18.6 Å². The highest BCUT2D eigenvalue weighted by Crippen LogP contribution is 2.37. The first-order valence-electron chi connectivity index (χ1n) is 9.88. The molecule has 2 aromatic rings. The van der Waals surface area contributed by atoms with Crippen LogP contribution in [-0.4, -0.2) is 48.7 Å². The van der Waals surface area contributed by atoms with Crippen molar-refractivity contribution >= 4 is 16.7 Å². The zero-order valence-corrected chi connectivity index (χ0v) is 15.1. The molecular weight excluding hydrogens is 324 g/mol. The van der Waals surface area contributed by atoms with E-state index in [0.717, 1.165) is 37.6 Å². The van der Waals surface area contributed by atoms with Crippen molar-refractivity contribution in [2.75, 3.05) is 19.7 Å². The van der Waals surface area contributed by atoms with Crippen LogP contribution in [0.15, 0.2) is 42.5 Å². The molecule has 26 heavy (non-hydrogen) atoms. The van der Waals surface area contributed by atoms with Gasteiger partial charge in [0.15, 0.2) is 0 Å². The van der Waals surface area contributed by atoms with Crippen LogP contribution in [0.25, 0.3) is 10.8 Å². The number of benzene rings is 2. The molecule has 5 rings (SSSR count). The van der Waals surface area contributed by atoms with Gasteiger partial charge >= 0.3 is 0 Å². The van der Waals surface area contributed by atoms with Gasteiger partial charge in [0.2, 0.25) is 5.91 Å². The van der Waals surface area contributed by atoms with Crippen LogP contribution in [0, 0.1) is 5.92 Å². The van der Waals surface area contributed by atoms with Gasteiger partial charge in [-0.05, 0) is 41.5 Å². The fraction of sp³-hybridized carbons (Fsp3) is 0.500. The van der Waals surface area contributed by atoms with Crippen molar-refractivity contribution in [1.82, 2.24) is 10.2 Å². The largest absolute Gasteiger partial charge is 0.375 e. The lowest BCUT2D eigenvalue weighted by Crippen LogP contribution is -2.47. The summed E-state index contributed by atoms with van der Waals surface area (Å²) in [5.74, 6) is 0.918. The van der Waals surface area contributed by atoms with E-state index < -0.39 is 0 Å². The van der Waals surface area contributed by atoms with E-state index in [1.54, 1.807) is 0 Å². The van der Waals surface area contributed by atoms with E-state index in [2.05, 4.69) is 34.5 Å². The van der Waals surface area contributed by atoms with E-state index >= 15 is 0 Å². The Morgan fingerprint density at radius 1 is 1.12 bits per heavy atom. The van der Waals surface area contributed by atoms with E-state index in [1.165, 1.54) is 23.6 Å². The average molecular weight is 350 g/mol. The molecule has 0 spiro atoms. The molecule has 2 heterocycles. The Morgan fingerprint density at radius 3 is 2.85 bits per heavy atom. The first-order valence-corrected chi connectivity index (χ1v) is 9.88. The van der Waals surface area contributed by atoms with E-state index in [4.69, 9.17) is 4.74 Å². The molecule has 0 bridgehead atoms. The van der Waals surface area contributed by atoms with Gasteiger partial charge in [0, 0.05) is 25.2 Å². The maximum atomic E-state index is 12.6. The molecule has 0 radical (unpaired) electrons. The van der Waals surface area contributed by atoms with Gasteiger partial charge in [0.25, 0.3) is 0 Å². The second-order valence-electron chi connectivity index (χ2n) is 8.13. The zero-order chi connectivity index (χ0) is 17.5. The first kappa shape index (κ1) is 16.3. The standard InChI is InChI=1S/C22H26N2O2/c25-22(10-17-6-3-5-15-4-1-2-7-20(15)17)23-18-11-19-14-26-21(16-8-9-16)13-24(19)12-18/h1-7,16,18-19,21H,8-14H2,(H,23,25)/t18-,19-,21+/m0/s1. The molecule has 136 valence electrons. The third-order valence-electron chi connectivity index (χ3n) is 6.19. The van der Waals surface area contributed by atoms with Crippen molar-refractivity contribution < 1.29 is 9.53 Å². The van der Waals surface area contributed by atoms with Gasteiger partial charge in [-0.2, -0.15) is 0 Å². The molecule has 2 saturated heterocycles. The van der Waals surface area contributed by atoms with Gasteiger partial charge in [0.1, 0.15) is 0 Å². The summed E-state index contributed by atoms with van der Waals surface area (Å²) in [4.78, 5) is 15.2. The average Bonchev–Trinajstić information content (AvgIpc) is 3.42. The summed E-state index contributed by atoms with van der Waals surface area (Å²) in [7, 11) is 0. The molecule has 1 aliphatic carbocycles. The summed E-state index contributed by atoms with van der Waals surface area (Å²) in [6.45, 7) is 2.85. The molecule has 4 nitrogen and oxygen atoms in total. The zero-order valence-electron chi connectivity index (χ0n) is 15.1.